The molecule has 1 aromatic carbocycles. The summed E-state index contributed by atoms with van der Waals surface area (Å²) in [5.41, 5.74) is 3.34. The summed E-state index contributed by atoms with van der Waals surface area (Å²) < 4.78 is 16.4. The highest BCUT2D eigenvalue weighted by Gasteiger charge is 2.65. The first kappa shape index (κ1) is 23.1. The van der Waals surface area contributed by atoms with Crippen LogP contribution in [0.25, 0.3) is 0 Å². The van der Waals surface area contributed by atoms with Gasteiger partial charge in [0.2, 0.25) is 6.29 Å². The van der Waals surface area contributed by atoms with Crippen molar-refractivity contribution in [1.82, 2.24) is 0 Å². The molecule has 3 rings (SSSR count). The van der Waals surface area contributed by atoms with Gasteiger partial charge in [0.1, 0.15) is 54.6 Å². The molecular weight excluding hydrogens is 406 g/mol. The van der Waals surface area contributed by atoms with Gasteiger partial charge in [-0.15, -0.1) is 0 Å². The lowest BCUT2D eigenvalue weighted by Gasteiger charge is -2.54. The van der Waals surface area contributed by atoms with E-state index in [1.54, 1.807) is 0 Å². The molecule has 12 heteroatoms. The van der Waals surface area contributed by atoms with Crippen molar-refractivity contribution in [3.05, 3.63) is 24.3 Å². The van der Waals surface area contributed by atoms with Crippen LogP contribution in [-0.2, 0) is 9.47 Å². The summed E-state index contributed by atoms with van der Waals surface area (Å²) in [4.78, 5) is 0. The van der Waals surface area contributed by atoms with E-state index in [1.165, 1.54) is 24.3 Å². The minimum Gasteiger partial charge on any atom is -0.462 e. The fourth-order valence-electron chi connectivity index (χ4n) is 3.69. The normalized spacial score (nSPS) is 44.6. The fourth-order valence-corrected chi connectivity index (χ4v) is 3.69. The predicted molar refractivity (Wildman–Crippen MR) is 98.0 cm³/mol. The maximum atomic E-state index is 11.4. The third-order valence-corrected chi connectivity index (χ3v) is 5.51. The highest BCUT2D eigenvalue weighted by molar-refractivity contribution is 5.41. The van der Waals surface area contributed by atoms with E-state index in [0.717, 1.165) is 0 Å². The van der Waals surface area contributed by atoms with Crippen molar-refractivity contribution in [2.75, 3.05) is 18.9 Å². The lowest BCUT2D eigenvalue weighted by Crippen LogP contribution is -2.77. The van der Waals surface area contributed by atoms with Crippen LogP contribution in [0.1, 0.15) is 0 Å². The summed E-state index contributed by atoms with van der Waals surface area (Å²) in [6.45, 7) is -1.51. The minimum atomic E-state index is -2.69. The Hall–Kier alpha value is -1.58. The van der Waals surface area contributed by atoms with Gasteiger partial charge >= 0.3 is 0 Å². The number of rotatable bonds is 5. The van der Waals surface area contributed by atoms with E-state index in [0.29, 0.717) is 5.69 Å². The summed E-state index contributed by atoms with van der Waals surface area (Å²) in [6, 6.07) is 5.83. The van der Waals surface area contributed by atoms with Crippen molar-refractivity contribution in [3.8, 4) is 5.75 Å². The monoisotopic (exact) mass is 433 g/mol. The molecule has 10 atom stereocenters. The number of aliphatic hydroxyl groups is 8. The molecule has 0 aromatic heterocycles. The molecule has 2 fully saturated rings. The largest absolute Gasteiger partial charge is 0.462 e. The van der Waals surface area contributed by atoms with Crippen LogP contribution in [0.4, 0.5) is 5.69 Å². The van der Waals surface area contributed by atoms with E-state index in [1.807, 2.05) is 0 Å². The highest BCUT2D eigenvalue weighted by atomic mass is 16.7. The Labute approximate surface area is 171 Å². The van der Waals surface area contributed by atoms with Gasteiger partial charge < -0.3 is 60.8 Å². The zero-order valence-electron chi connectivity index (χ0n) is 15.8. The fraction of sp³-hybridized carbons (Fsp3) is 0.667. The van der Waals surface area contributed by atoms with Gasteiger partial charge in [-0.25, -0.2) is 0 Å². The Morgan fingerprint density at radius 2 is 1.40 bits per heavy atom. The number of ether oxygens (including phenoxy) is 3. The van der Waals surface area contributed by atoms with Crippen molar-refractivity contribution < 1.29 is 55.1 Å². The lowest BCUT2D eigenvalue weighted by atomic mass is 9.76. The first-order valence-electron chi connectivity index (χ1n) is 9.32. The number of aliphatic hydroxyl groups excluding tert-OH is 7. The standard InChI is InChI=1S/C18H27NO11/c19-7-1-3-8(4-2-7)28-17-18(27,15(26)12(23)10(6-21)30-17)16-14(25)13(24)11(22)9(5-20)29-16/h1-4,9-17,20-27H,5-6,19H2/t9-,10-,11+,12-,13+,14-,15+,16-,17+,18+/m1/s1. The van der Waals surface area contributed by atoms with Crippen LogP contribution in [0.3, 0.4) is 0 Å². The molecule has 0 radical (unpaired) electrons. The van der Waals surface area contributed by atoms with Gasteiger partial charge in [0, 0.05) is 5.69 Å². The molecule has 30 heavy (non-hydrogen) atoms. The molecule has 2 aliphatic rings. The predicted octanol–water partition coefficient (Wildman–Crippen LogP) is -4.34. The van der Waals surface area contributed by atoms with E-state index in [-0.39, 0.29) is 5.75 Å². The Balaban J connectivity index is 1.99. The zero-order valence-corrected chi connectivity index (χ0v) is 15.8. The van der Waals surface area contributed by atoms with Crippen LogP contribution in [0.15, 0.2) is 24.3 Å². The van der Waals surface area contributed by atoms with Gasteiger partial charge in [0.05, 0.1) is 13.2 Å². The van der Waals surface area contributed by atoms with Crippen molar-refractivity contribution >= 4 is 5.69 Å². The molecule has 2 heterocycles. The number of anilines is 1. The number of nitrogen functional groups attached to an aromatic ring is 1. The molecule has 0 amide bonds. The summed E-state index contributed by atoms with van der Waals surface area (Å²) in [7, 11) is 0. The molecule has 0 bridgehead atoms. The maximum absolute atomic E-state index is 11.4. The second kappa shape index (κ2) is 8.88. The maximum Gasteiger partial charge on any atom is 0.234 e. The SMILES string of the molecule is Nc1ccc(O[C@H]2O[C@H](CO)[C@@H](O)[C@H](O)[C@]2(O)[C@@H]2O[C@H](CO)[C@H](O)[C@H](O)[C@H]2O)cc1. The molecule has 170 valence electrons. The van der Waals surface area contributed by atoms with E-state index in [4.69, 9.17) is 19.9 Å². The van der Waals surface area contributed by atoms with Crippen LogP contribution >= 0.6 is 0 Å². The van der Waals surface area contributed by atoms with Crippen molar-refractivity contribution in [3.63, 3.8) is 0 Å². The molecule has 2 saturated heterocycles. The zero-order chi connectivity index (χ0) is 22.2. The van der Waals surface area contributed by atoms with Gasteiger partial charge in [-0.1, -0.05) is 0 Å². The van der Waals surface area contributed by atoms with Crippen LogP contribution in [0, 0.1) is 0 Å². The van der Waals surface area contributed by atoms with E-state index in [2.05, 4.69) is 0 Å². The van der Waals surface area contributed by atoms with Gasteiger partial charge in [-0.3, -0.25) is 0 Å². The topological polar surface area (TPSA) is 216 Å². The van der Waals surface area contributed by atoms with E-state index in [9.17, 15) is 40.9 Å². The quantitative estimate of drug-likeness (QED) is 0.201. The molecule has 2 aliphatic heterocycles. The number of nitrogens with two attached hydrogens (primary N) is 1. The van der Waals surface area contributed by atoms with Crippen LogP contribution in [-0.4, -0.2) is 115 Å². The molecule has 0 saturated carbocycles. The summed E-state index contributed by atoms with van der Waals surface area (Å²) >= 11 is 0. The molecule has 12 nitrogen and oxygen atoms in total. The highest BCUT2D eigenvalue weighted by Crippen LogP contribution is 2.40. The minimum absolute atomic E-state index is 0.123. The number of hydrogen-bond acceptors (Lipinski definition) is 12. The van der Waals surface area contributed by atoms with E-state index >= 15 is 0 Å². The van der Waals surface area contributed by atoms with E-state index < -0.39 is 73.9 Å². The van der Waals surface area contributed by atoms with Crippen molar-refractivity contribution in [1.29, 1.82) is 0 Å². The first-order chi connectivity index (χ1) is 14.1. The summed E-state index contributed by atoms with van der Waals surface area (Å²) in [5.74, 6) is 0.123. The smallest absolute Gasteiger partial charge is 0.234 e. The average molecular weight is 433 g/mol. The Kier molecular flexibility index (Phi) is 6.84. The average Bonchev–Trinajstić information content (AvgIpc) is 2.74. The molecule has 0 unspecified atom stereocenters. The molecule has 1 aromatic rings. The first-order valence-corrected chi connectivity index (χ1v) is 9.32. The summed E-state index contributed by atoms with van der Waals surface area (Å²) in [6.07, 6.45) is -15.9. The molecule has 10 N–H and O–H groups in total. The van der Waals surface area contributed by atoms with Gasteiger partial charge in [-0.2, -0.15) is 0 Å². The Morgan fingerprint density at radius 3 is 1.97 bits per heavy atom. The molecule has 0 aliphatic carbocycles. The van der Waals surface area contributed by atoms with Crippen LogP contribution < -0.4 is 10.5 Å². The van der Waals surface area contributed by atoms with Gasteiger partial charge in [0.25, 0.3) is 0 Å². The Bertz CT molecular complexity index is 704. The van der Waals surface area contributed by atoms with Gasteiger partial charge in [0.15, 0.2) is 5.60 Å². The second-order valence-electron chi connectivity index (χ2n) is 7.45. The Morgan fingerprint density at radius 1 is 0.833 bits per heavy atom. The molecule has 0 spiro atoms. The molecular formula is C18H27NO11. The van der Waals surface area contributed by atoms with Gasteiger partial charge in [-0.05, 0) is 24.3 Å². The number of benzene rings is 1. The third-order valence-electron chi connectivity index (χ3n) is 5.51. The van der Waals surface area contributed by atoms with Crippen molar-refractivity contribution in [2.45, 2.75) is 60.7 Å². The van der Waals surface area contributed by atoms with Crippen LogP contribution in [0.5, 0.6) is 5.75 Å². The second-order valence-corrected chi connectivity index (χ2v) is 7.45. The van der Waals surface area contributed by atoms with Crippen molar-refractivity contribution in [2.24, 2.45) is 0 Å². The lowest BCUT2D eigenvalue weighted by molar-refractivity contribution is -0.372. The number of hydrogen-bond donors (Lipinski definition) is 9. The van der Waals surface area contributed by atoms with Crippen LogP contribution in [0.2, 0.25) is 0 Å². The third kappa shape index (κ3) is 3.87. The summed E-state index contributed by atoms with van der Waals surface area (Å²) in [5, 5.41) is 81.7.